The van der Waals surface area contributed by atoms with Crippen LogP contribution in [-0.4, -0.2) is 51.9 Å². The summed E-state index contributed by atoms with van der Waals surface area (Å²) in [5.74, 6) is 1.26. The number of sulfonamides is 1. The zero-order valence-electron chi connectivity index (χ0n) is 18.1. The first kappa shape index (κ1) is 21.8. The molecule has 7 heteroatoms. The first-order valence-corrected chi connectivity index (χ1v) is 12.5. The molecule has 2 aromatic carbocycles. The van der Waals surface area contributed by atoms with Crippen molar-refractivity contribution in [1.29, 1.82) is 0 Å². The van der Waals surface area contributed by atoms with Crippen LogP contribution in [0.25, 0.3) is 0 Å². The summed E-state index contributed by atoms with van der Waals surface area (Å²) >= 11 is 0. The van der Waals surface area contributed by atoms with Crippen LogP contribution in [0, 0.1) is 5.92 Å². The number of piperidine rings is 1. The van der Waals surface area contributed by atoms with Crippen LogP contribution in [0.5, 0.6) is 0 Å². The fraction of sp³-hybridized carbons (Fsp3) is 0.458. The minimum atomic E-state index is -3.39. The Labute approximate surface area is 185 Å². The zero-order valence-corrected chi connectivity index (χ0v) is 18.9. The number of hydrogen-bond donors (Lipinski definition) is 2. The minimum Gasteiger partial charge on any atom is -0.356 e. The van der Waals surface area contributed by atoms with E-state index in [1.54, 1.807) is 35.6 Å². The topological polar surface area (TPSA) is 73.8 Å². The summed E-state index contributed by atoms with van der Waals surface area (Å²) in [6.45, 7) is 2.81. The van der Waals surface area contributed by atoms with Gasteiger partial charge in [0.05, 0.1) is 4.90 Å². The Morgan fingerprint density at radius 1 is 1.00 bits per heavy atom. The molecule has 1 saturated carbocycles. The number of benzene rings is 2. The molecule has 2 N–H and O–H groups in total. The van der Waals surface area contributed by atoms with E-state index in [0.717, 1.165) is 31.9 Å². The number of guanidine groups is 1. The van der Waals surface area contributed by atoms with Crippen LogP contribution < -0.4 is 10.6 Å². The summed E-state index contributed by atoms with van der Waals surface area (Å²) in [5, 5.41) is 6.94. The number of hydrogen-bond acceptors (Lipinski definition) is 3. The van der Waals surface area contributed by atoms with Crippen molar-refractivity contribution in [1.82, 2.24) is 14.9 Å². The summed E-state index contributed by atoms with van der Waals surface area (Å²) in [6.07, 6.45) is 4.11. The van der Waals surface area contributed by atoms with E-state index < -0.39 is 10.0 Å². The van der Waals surface area contributed by atoms with Crippen molar-refractivity contribution in [2.75, 3.05) is 33.2 Å². The maximum Gasteiger partial charge on any atom is 0.243 e. The van der Waals surface area contributed by atoms with Crippen molar-refractivity contribution in [3.05, 3.63) is 66.2 Å². The van der Waals surface area contributed by atoms with Gasteiger partial charge in [0.1, 0.15) is 0 Å². The Bertz CT molecular complexity index is 981. The molecular weight excluding hydrogens is 408 g/mol. The average molecular weight is 441 g/mol. The van der Waals surface area contributed by atoms with E-state index in [0.29, 0.717) is 23.9 Å². The highest BCUT2D eigenvalue weighted by Crippen LogP contribution is 2.47. The smallest absolute Gasteiger partial charge is 0.243 e. The van der Waals surface area contributed by atoms with E-state index in [4.69, 9.17) is 0 Å². The molecule has 0 bridgehead atoms. The third-order valence-electron chi connectivity index (χ3n) is 6.57. The molecule has 1 saturated heterocycles. The van der Waals surface area contributed by atoms with E-state index in [2.05, 4.69) is 46.0 Å². The van der Waals surface area contributed by atoms with E-state index in [1.807, 2.05) is 6.07 Å². The highest BCUT2D eigenvalue weighted by molar-refractivity contribution is 7.89. The van der Waals surface area contributed by atoms with Crippen molar-refractivity contribution in [3.63, 3.8) is 0 Å². The summed E-state index contributed by atoms with van der Waals surface area (Å²) in [7, 11) is -1.59. The van der Waals surface area contributed by atoms with Gasteiger partial charge in [0.25, 0.3) is 0 Å². The molecule has 1 heterocycles. The maximum atomic E-state index is 12.8. The Balaban J connectivity index is 1.24. The molecule has 166 valence electrons. The van der Waals surface area contributed by atoms with Gasteiger partial charge in [-0.25, -0.2) is 8.42 Å². The molecule has 0 spiro atoms. The molecule has 2 aromatic rings. The minimum absolute atomic E-state index is 0.232. The predicted octanol–water partition coefficient (Wildman–Crippen LogP) is 2.98. The van der Waals surface area contributed by atoms with Gasteiger partial charge in [-0.05, 0) is 49.3 Å². The third-order valence-corrected chi connectivity index (χ3v) is 8.48. The lowest BCUT2D eigenvalue weighted by atomic mass is 9.96. The van der Waals surface area contributed by atoms with Gasteiger partial charge in [-0.3, -0.25) is 4.99 Å². The molecule has 2 fully saturated rings. The molecule has 0 amide bonds. The molecular formula is C24H32N4O2S. The van der Waals surface area contributed by atoms with Gasteiger partial charge in [-0.1, -0.05) is 48.5 Å². The van der Waals surface area contributed by atoms with Gasteiger partial charge < -0.3 is 10.6 Å². The van der Waals surface area contributed by atoms with Gasteiger partial charge in [0, 0.05) is 38.6 Å². The van der Waals surface area contributed by atoms with E-state index >= 15 is 0 Å². The van der Waals surface area contributed by atoms with Crippen molar-refractivity contribution in [2.24, 2.45) is 10.9 Å². The third kappa shape index (κ3) is 5.10. The van der Waals surface area contributed by atoms with Gasteiger partial charge >= 0.3 is 0 Å². The molecule has 1 aliphatic carbocycles. The fourth-order valence-electron chi connectivity index (χ4n) is 4.32. The maximum absolute atomic E-state index is 12.8. The van der Waals surface area contributed by atoms with Crippen LogP contribution in [0.2, 0.25) is 0 Å². The van der Waals surface area contributed by atoms with Crippen LogP contribution in [0.1, 0.15) is 31.2 Å². The molecule has 2 aliphatic rings. The molecule has 6 nitrogen and oxygen atoms in total. The van der Waals surface area contributed by atoms with E-state index in [1.165, 1.54) is 18.4 Å². The van der Waals surface area contributed by atoms with Crippen molar-refractivity contribution in [2.45, 2.75) is 36.0 Å². The van der Waals surface area contributed by atoms with Gasteiger partial charge in [-0.2, -0.15) is 4.31 Å². The first-order valence-electron chi connectivity index (χ1n) is 11.1. The van der Waals surface area contributed by atoms with E-state index in [-0.39, 0.29) is 5.41 Å². The highest BCUT2D eigenvalue weighted by atomic mass is 32.2. The molecule has 0 aromatic heterocycles. The van der Waals surface area contributed by atoms with Crippen LogP contribution in [0.15, 0.2) is 70.6 Å². The highest BCUT2D eigenvalue weighted by Gasteiger charge is 2.44. The second-order valence-electron chi connectivity index (χ2n) is 8.61. The largest absolute Gasteiger partial charge is 0.356 e. The number of nitrogens with one attached hydrogen (secondary N) is 2. The molecule has 0 unspecified atom stereocenters. The zero-order chi connectivity index (χ0) is 21.7. The van der Waals surface area contributed by atoms with Crippen molar-refractivity contribution < 1.29 is 8.42 Å². The lowest BCUT2D eigenvalue weighted by Gasteiger charge is -2.31. The fourth-order valence-corrected chi connectivity index (χ4v) is 5.81. The number of aliphatic imine (C=N–C) groups is 1. The van der Waals surface area contributed by atoms with Gasteiger partial charge in [0.15, 0.2) is 5.96 Å². The van der Waals surface area contributed by atoms with Crippen LogP contribution in [-0.2, 0) is 15.4 Å². The number of nitrogens with zero attached hydrogens (tertiary/aromatic N) is 2. The first-order chi connectivity index (χ1) is 15.0. The Hall–Kier alpha value is -2.38. The normalized spacial score (nSPS) is 19.7. The second kappa shape index (κ2) is 9.40. The molecule has 0 radical (unpaired) electrons. The van der Waals surface area contributed by atoms with Crippen molar-refractivity contribution >= 4 is 16.0 Å². The standard InChI is InChI=1S/C24H32N4O2S/c1-25-23(27-19-24(14-15-24)21-8-4-2-5-9-21)26-18-20-12-16-28(17-13-20)31(29,30)22-10-6-3-7-11-22/h2-11,20H,12-19H2,1H3,(H2,25,26,27). The monoisotopic (exact) mass is 440 g/mol. The average Bonchev–Trinajstić information content (AvgIpc) is 3.62. The van der Waals surface area contributed by atoms with Gasteiger partial charge in [0.2, 0.25) is 10.0 Å². The van der Waals surface area contributed by atoms with Crippen LogP contribution in [0.3, 0.4) is 0 Å². The summed E-state index contributed by atoms with van der Waals surface area (Å²) < 4.78 is 27.2. The molecule has 1 aliphatic heterocycles. The van der Waals surface area contributed by atoms with E-state index in [9.17, 15) is 8.42 Å². The Kier molecular flexibility index (Phi) is 6.62. The number of rotatable bonds is 7. The second-order valence-corrected chi connectivity index (χ2v) is 10.6. The van der Waals surface area contributed by atoms with Gasteiger partial charge in [-0.15, -0.1) is 0 Å². The summed E-state index contributed by atoms with van der Waals surface area (Å²) in [5.41, 5.74) is 1.63. The molecule has 0 atom stereocenters. The van der Waals surface area contributed by atoms with Crippen LogP contribution in [0.4, 0.5) is 0 Å². The summed E-state index contributed by atoms with van der Waals surface area (Å²) in [4.78, 5) is 4.76. The quantitative estimate of drug-likeness (QED) is 0.513. The Morgan fingerprint density at radius 3 is 2.19 bits per heavy atom. The molecule has 31 heavy (non-hydrogen) atoms. The lowest BCUT2D eigenvalue weighted by molar-refractivity contribution is 0.273. The van der Waals surface area contributed by atoms with Crippen LogP contribution >= 0.6 is 0 Å². The van der Waals surface area contributed by atoms with Crippen molar-refractivity contribution in [3.8, 4) is 0 Å². The summed E-state index contributed by atoms with van der Waals surface area (Å²) in [6, 6.07) is 19.4. The predicted molar refractivity (Wildman–Crippen MR) is 125 cm³/mol. The molecule has 4 rings (SSSR count). The SMILES string of the molecule is CN=C(NCC1CCN(S(=O)(=O)c2ccccc2)CC1)NCC1(c2ccccc2)CC1. The lowest BCUT2D eigenvalue weighted by Crippen LogP contribution is -2.45. The Morgan fingerprint density at radius 2 is 1.61 bits per heavy atom.